The first-order chi connectivity index (χ1) is 10.9. The first-order valence-corrected chi connectivity index (χ1v) is 11.0. The molecule has 0 aromatic carbocycles. The Hall–Kier alpha value is -0.620. The molecule has 1 amide bonds. The van der Waals surface area contributed by atoms with Crippen molar-refractivity contribution in [1.29, 1.82) is 0 Å². The smallest absolute Gasteiger partial charge is 0.223 e. The Kier molecular flexibility index (Phi) is 3.95. The van der Waals surface area contributed by atoms with E-state index in [0.29, 0.717) is 24.9 Å². The minimum absolute atomic E-state index is 0.0110. The van der Waals surface area contributed by atoms with Gasteiger partial charge in [0.1, 0.15) is 0 Å². The molecule has 4 bridgehead atoms. The molecule has 5 fully saturated rings. The molecule has 1 aliphatic heterocycles. The van der Waals surface area contributed by atoms with E-state index >= 15 is 0 Å². The number of rotatable bonds is 3. The van der Waals surface area contributed by atoms with Crippen LogP contribution in [-0.2, 0) is 14.8 Å². The van der Waals surface area contributed by atoms with Crippen molar-refractivity contribution in [3.05, 3.63) is 0 Å². The van der Waals surface area contributed by atoms with Gasteiger partial charge in [0.15, 0.2) is 0 Å². The molecule has 1 saturated heterocycles. The number of hydrogen-bond donors (Lipinski definition) is 1. The number of amides is 1. The van der Waals surface area contributed by atoms with Crippen LogP contribution in [0.25, 0.3) is 0 Å². The van der Waals surface area contributed by atoms with Gasteiger partial charge in [-0.15, -0.1) is 0 Å². The summed E-state index contributed by atoms with van der Waals surface area (Å²) < 4.78 is 25.0. The van der Waals surface area contributed by atoms with Crippen molar-refractivity contribution in [2.75, 3.05) is 19.3 Å². The lowest BCUT2D eigenvalue weighted by molar-refractivity contribution is -0.139. The van der Waals surface area contributed by atoms with Gasteiger partial charge in [0.2, 0.25) is 15.9 Å². The summed E-state index contributed by atoms with van der Waals surface area (Å²) in [7, 11) is -3.15. The van der Waals surface area contributed by atoms with Crippen molar-refractivity contribution in [3.63, 3.8) is 0 Å². The Morgan fingerprint density at radius 3 is 2.22 bits per heavy atom. The minimum Gasteiger partial charge on any atom is -0.352 e. The second kappa shape index (κ2) is 5.73. The molecule has 1 heterocycles. The van der Waals surface area contributed by atoms with E-state index in [9.17, 15) is 13.2 Å². The Morgan fingerprint density at radius 2 is 1.65 bits per heavy atom. The van der Waals surface area contributed by atoms with Gasteiger partial charge < -0.3 is 5.32 Å². The van der Waals surface area contributed by atoms with Gasteiger partial charge in [-0.05, 0) is 68.6 Å². The third-order valence-corrected chi connectivity index (χ3v) is 8.00. The maximum absolute atomic E-state index is 12.9. The molecule has 0 radical (unpaired) electrons. The molecule has 0 aromatic rings. The Balaban J connectivity index is 1.40. The third-order valence-electron chi connectivity index (χ3n) is 6.73. The standard InChI is InChI=1S/C17H28N2O3S/c1-23(21,22)19-4-2-3-15(10-19)18-17(20)16-13-6-11-5-12(8-13)9-14(16)7-11/h11-16H,2-10H2,1H3,(H,18,20). The van der Waals surface area contributed by atoms with Crippen molar-refractivity contribution in [2.24, 2.45) is 29.6 Å². The highest BCUT2D eigenvalue weighted by molar-refractivity contribution is 7.88. The van der Waals surface area contributed by atoms with Crippen LogP contribution in [0.3, 0.4) is 0 Å². The average Bonchev–Trinajstić information content (AvgIpc) is 2.45. The van der Waals surface area contributed by atoms with Gasteiger partial charge in [-0.3, -0.25) is 4.79 Å². The highest BCUT2D eigenvalue weighted by Crippen LogP contribution is 2.56. The lowest BCUT2D eigenvalue weighted by Gasteiger charge is -2.53. The van der Waals surface area contributed by atoms with Crippen molar-refractivity contribution < 1.29 is 13.2 Å². The predicted molar refractivity (Wildman–Crippen MR) is 88.1 cm³/mol. The van der Waals surface area contributed by atoms with Crippen LogP contribution in [-0.4, -0.2) is 44.0 Å². The molecular weight excluding hydrogens is 312 g/mol. The summed E-state index contributed by atoms with van der Waals surface area (Å²) in [5.74, 6) is 3.31. The predicted octanol–water partition coefficient (Wildman–Crippen LogP) is 1.60. The first kappa shape index (κ1) is 15.9. The Labute approximate surface area is 139 Å². The van der Waals surface area contributed by atoms with Crippen LogP contribution in [0, 0.1) is 29.6 Å². The molecule has 5 aliphatic rings. The van der Waals surface area contributed by atoms with Crippen LogP contribution >= 0.6 is 0 Å². The number of hydrogen-bond acceptors (Lipinski definition) is 3. The van der Waals surface area contributed by atoms with Crippen molar-refractivity contribution in [1.82, 2.24) is 9.62 Å². The zero-order valence-electron chi connectivity index (χ0n) is 13.9. The molecule has 1 unspecified atom stereocenters. The minimum atomic E-state index is -3.15. The van der Waals surface area contributed by atoms with E-state index < -0.39 is 10.0 Å². The van der Waals surface area contributed by atoms with Gasteiger partial charge in [-0.25, -0.2) is 12.7 Å². The highest BCUT2D eigenvalue weighted by Gasteiger charge is 2.51. The maximum Gasteiger partial charge on any atom is 0.223 e. The molecule has 1 N–H and O–H groups in total. The number of carbonyl (C=O) groups is 1. The fourth-order valence-corrected chi connectivity index (χ4v) is 6.92. The van der Waals surface area contributed by atoms with Crippen LogP contribution in [0.4, 0.5) is 0 Å². The number of nitrogens with zero attached hydrogens (tertiary/aromatic N) is 1. The van der Waals surface area contributed by atoms with E-state index in [2.05, 4.69) is 5.32 Å². The SMILES string of the molecule is CS(=O)(=O)N1CCCC(NC(=O)C2C3CC4CC(C3)CC2C4)C1. The van der Waals surface area contributed by atoms with Crippen LogP contribution < -0.4 is 5.32 Å². The number of carbonyl (C=O) groups excluding carboxylic acids is 1. The third kappa shape index (κ3) is 3.04. The van der Waals surface area contributed by atoms with Crippen LogP contribution in [0.5, 0.6) is 0 Å². The zero-order chi connectivity index (χ0) is 16.2. The van der Waals surface area contributed by atoms with Crippen LogP contribution in [0.1, 0.15) is 44.9 Å². The van der Waals surface area contributed by atoms with Gasteiger partial charge in [-0.1, -0.05) is 0 Å². The topological polar surface area (TPSA) is 66.5 Å². The molecule has 0 spiro atoms. The zero-order valence-corrected chi connectivity index (χ0v) is 14.7. The van der Waals surface area contributed by atoms with Crippen LogP contribution in [0.15, 0.2) is 0 Å². The van der Waals surface area contributed by atoms with E-state index in [0.717, 1.165) is 24.7 Å². The summed E-state index contributed by atoms with van der Waals surface area (Å²) in [5.41, 5.74) is 0. The van der Waals surface area contributed by atoms with Crippen LogP contribution in [0.2, 0.25) is 0 Å². The second-order valence-electron chi connectivity index (χ2n) is 8.43. The number of nitrogens with one attached hydrogen (secondary N) is 1. The molecule has 0 aromatic heterocycles. The van der Waals surface area contributed by atoms with E-state index in [1.165, 1.54) is 42.7 Å². The average molecular weight is 340 g/mol. The highest BCUT2D eigenvalue weighted by atomic mass is 32.2. The molecular formula is C17H28N2O3S. The molecule has 5 rings (SSSR count). The normalized spacial score (nSPS) is 43.5. The number of sulfonamides is 1. The summed E-state index contributed by atoms with van der Waals surface area (Å²) in [6.07, 6.45) is 9.35. The van der Waals surface area contributed by atoms with Crippen molar-refractivity contribution >= 4 is 15.9 Å². The summed E-state index contributed by atoms with van der Waals surface area (Å²) in [6.45, 7) is 1.03. The maximum atomic E-state index is 12.9. The fraction of sp³-hybridized carbons (Fsp3) is 0.941. The molecule has 6 heteroatoms. The quantitative estimate of drug-likeness (QED) is 0.848. The largest absolute Gasteiger partial charge is 0.352 e. The fourth-order valence-electron chi connectivity index (χ4n) is 6.01. The number of piperidine rings is 1. The van der Waals surface area contributed by atoms with Gasteiger partial charge in [-0.2, -0.15) is 0 Å². The van der Waals surface area contributed by atoms with E-state index in [1.807, 2.05) is 0 Å². The Bertz CT molecular complexity index is 561. The van der Waals surface area contributed by atoms with Gasteiger partial charge >= 0.3 is 0 Å². The molecule has 5 nitrogen and oxygen atoms in total. The summed E-state index contributed by atoms with van der Waals surface area (Å²) in [5, 5.41) is 3.20. The van der Waals surface area contributed by atoms with Gasteiger partial charge in [0.25, 0.3) is 0 Å². The lowest BCUT2D eigenvalue weighted by Crippen LogP contribution is -2.55. The lowest BCUT2D eigenvalue weighted by atomic mass is 9.51. The molecule has 130 valence electrons. The van der Waals surface area contributed by atoms with Crippen molar-refractivity contribution in [2.45, 2.75) is 51.0 Å². The van der Waals surface area contributed by atoms with Crippen molar-refractivity contribution in [3.8, 4) is 0 Å². The van der Waals surface area contributed by atoms with E-state index in [4.69, 9.17) is 0 Å². The summed E-state index contributed by atoms with van der Waals surface area (Å²) in [4.78, 5) is 12.9. The molecule has 4 aliphatic carbocycles. The second-order valence-corrected chi connectivity index (χ2v) is 10.4. The summed E-state index contributed by atoms with van der Waals surface area (Å²) >= 11 is 0. The first-order valence-electron chi connectivity index (χ1n) is 9.15. The molecule has 1 atom stereocenters. The van der Waals surface area contributed by atoms with Gasteiger partial charge in [0, 0.05) is 25.0 Å². The summed E-state index contributed by atoms with van der Waals surface area (Å²) in [6, 6.07) is -0.0110. The molecule has 23 heavy (non-hydrogen) atoms. The van der Waals surface area contributed by atoms with E-state index in [1.54, 1.807) is 0 Å². The van der Waals surface area contributed by atoms with E-state index in [-0.39, 0.29) is 17.9 Å². The molecule has 4 saturated carbocycles. The monoisotopic (exact) mass is 340 g/mol. The Morgan fingerprint density at radius 1 is 1.04 bits per heavy atom. The van der Waals surface area contributed by atoms with Gasteiger partial charge in [0.05, 0.1) is 6.26 Å².